The van der Waals surface area contributed by atoms with Crippen LogP contribution >= 0.6 is 34.2 Å². The fourth-order valence-electron chi connectivity index (χ4n) is 4.08. The highest BCUT2D eigenvalue weighted by Gasteiger charge is 2.19. The van der Waals surface area contributed by atoms with E-state index in [-0.39, 0.29) is 22.6 Å². The van der Waals surface area contributed by atoms with Gasteiger partial charge in [-0.25, -0.2) is 9.97 Å². The predicted molar refractivity (Wildman–Crippen MR) is 153 cm³/mol. The molecule has 0 saturated carbocycles. The average molecular weight is 620 g/mol. The number of amides is 1. The number of hydrogen-bond acceptors (Lipinski definition) is 7. The summed E-state index contributed by atoms with van der Waals surface area (Å²) >= 11 is 8.55. The van der Waals surface area contributed by atoms with Crippen molar-refractivity contribution in [3.8, 4) is 0 Å². The third kappa shape index (κ3) is 7.76. The molecule has 190 valence electrons. The van der Waals surface area contributed by atoms with Gasteiger partial charge in [0.25, 0.3) is 5.91 Å². The number of carbonyl (C=O) groups is 1. The van der Waals surface area contributed by atoms with Gasteiger partial charge in [0.1, 0.15) is 0 Å². The molecule has 1 saturated heterocycles. The van der Waals surface area contributed by atoms with E-state index >= 15 is 0 Å². The van der Waals surface area contributed by atoms with Gasteiger partial charge in [0.05, 0.1) is 0 Å². The number of rotatable bonds is 10. The minimum absolute atomic E-state index is 0.0468. The molecule has 1 amide bonds. The molecular weight excluding hydrogens is 589 g/mol. The number of halogens is 2. The number of carbonyl (C=O) groups excluding carboxylic acids is 1. The standard InChI is InChI=1S/C26H31ClIN7O/c27-23-25(31-18-20-6-8-21(28)9-7-20)33-24(29)22(32-23)26(36)30-11-13-35-16-14-34(15-17-35)12-10-19-4-2-1-3-5-19/h1-9H,10-18H2,(H,30,36)(H3,29,31,33). The molecule has 0 bridgehead atoms. The number of nitrogens with two attached hydrogens (primary N) is 1. The molecule has 2 heterocycles. The smallest absolute Gasteiger partial charge is 0.273 e. The van der Waals surface area contributed by atoms with Crippen molar-refractivity contribution in [2.45, 2.75) is 13.0 Å². The van der Waals surface area contributed by atoms with E-state index in [1.807, 2.05) is 24.3 Å². The van der Waals surface area contributed by atoms with Crippen LogP contribution in [0.15, 0.2) is 54.6 Å². The van der Waals surface area contributed by atoms with E-state index < -0.39 is 0 Å². The molecule has 36 heavy (non-hydrogen) atoms. The molecule has 0 spiro atoms. The number of nitrogen functional groups attached to an aromatic ring is 1. The second kappa shape index (κ2) is 13.2. The Hall–Kier alpha value is -2.47. The van der Waals surface area contributed by atoms with Gasteiger partial charge in [0, 0.05) is 55.9 Å². The molecule has 0 unspecified atom stereocenters. The zero-order valence-corrected chi connectivity index (χ0v) is 23.0. The fraction of sp³-hybridized carbons (Fsp3) is 0.346. The van der Waals surface area contributed by atoms with E-state index in [2.05, 4.69) is 83.3 Å². The summed E-state index contributed by atoms with van der Waals surface area (Å²) in [6.45, 7) is 6.91. The van der Waals surface area contributed by atoms with Crippen molar-refractivity contribution in [3.05, 3.63) is 80.1 Å². The van der Waals surface area contributed by atoms with E-state index in [4.69, 9.17) is 17.3 Å². The first-order chi connectivity index (χ1) is 17.5. The van der Waals surface area contributed by atoms with Crippen LogP contribution in [-0.4, -0.2) is 71.5 Å². The highest BCUT2D eigenvalue weighted by atomic mass is 127. The summed E-state index contributed by atoms with van der Waals surface area (Å²) in [5.41, 5.74) is 8.53. The monoisotopic (exact) mass is 619 g/mol. The molecule has 1 aromatic heterocycles. The Kier molecular flexibility index (Phi) is 9.74. The van der Waals surface area contributed by atoms with Gasteiger partial charge in [-0.3, -0.25) is 9.69 Å². The van der Waals surface area contributed by atoms with Gasteiger partial charge < -0.3 is 21.3 Å². The van der Waals surface area contributed by atoms with Crippen molar-refractivity contribution in [1.29, 1.82) is 0 Å². The minimum atomic E-state index is -0.368. The quantitative estimate of drug-likeness (QED) is 0.299. The van der Waals surface area contributed by atoms with E-state index in [0.717, 1.165) is 54.8 Å². The Balaban J connectivity index is 1.19. The second-order valence-electron chi connectivity index (χ2n) is 8.75. The third-order valence-corrected chi connectivity index (χ3v) is 7.19. The summed E-state index contributed by atoms with van der Waals surface area (Å²) in [5, 5.41) is 6.15. The molecule has 3 aromatic rings. The number of nitrogens with one attached hydrogen (secondary N) is 2. The van der Waals surface area contributed by atoms with Crippen molar-refractivity contribution in [1.82, 2.24) is 25.1 Å². The van der Waals surface area contributed by atoms with Gasteiger partial charge in [-0.15, -0.1) is 0 Å². The van der Waals surface area contributed by atoms with Gasteiger partial charge in [-0.1, -0.05) is 54.1 Å². The van der Waals surface area contributed by atoms with Crippen molar-refractivity contribution < 1.29 is 4.79 Å². The Bertz CT molecular complexity index is 1140. The van der Waals surface area contributed by atoms with E-state index in [1.165, 1.54) is 5.56 Å². The summed E-state index contributed by atoms with van der Waals surface area (Å²) in [6.07, 6.45) is 1.07. The van der Waals surface area contributed by atoms with Crippen LogP contribution < -0.4 is 16.4 Å². The SMILES string of the molecule is Nc1nc(NCc2ccc(I)cc2)c(Cl)nc1C(=O)NCCN1CCN(CCc2ccccc2)CC1. The minimum Gasteiger partial charge on any atom is -0.382 e. The van der Waals surface area contributed by atoms with Gasteiger partial charge in [0.2, 0.25) is 0 Å². The first-order valence-electron chi connectivity index (χ1n) is 12.1. The summed E-state index contributed by atoms with van der Waals surface area (Å²) in [7, 11) is 0. The van der Waals surface area contributed by atoms with E-state index in [9.17, 15) is 4.79 Å². The van der Waals surface area contributed by atoms with Crippen LogP contribution in [-0.2, 0) is 13.0 Å². The number of hydrogen-bond donors (Lipinski definition) is 3. The number of benzene rings is 2. The maximum Gasteiger partial charge on any atom is 0.273 e. The van der Waals surface area contributed by atoms with Gasteiger partial charge >= 0.3 is 0 Å². The van der Waals surface area contributed by atoms with Gasteiger partial charge in [-0.05, 0) is 52.3 Å². The summed E-state index contributed by atoms with van der Waals surface area (Å²) < 4.78 is 1.16. The maximum absolute atomic E-state index is 12.7. The highest BCUT2D eigenvalue weighted by molar-refractivity contribution is 14.1. The molecule has 2 aromatic carbocycles. The number of nitrogens with zero attached hydrogens (tertiary/aromatic N) is 4. The van der Waals surface area contributed by atoms with E-state index in [1.54, 1.807) is 0 Å². The van der Waals surface area contributed by atoms with Crippen molar-refractivity contribution in [2.24, 2.45) is 0 Å². The molecule has 0 aliphatic carbocycles. The van der Waals surface area contributed by atoms with Crippen LogP contribution in [0.2, 0.25) is 5.15 Å². The lowest BCUT2D eigenvalue weighted by Gasteiger charge is -2.34. The molecule has 0 atom stereocenters. The first kappa shape index (κ1) is 26.6. The van der Waals surface area contributed by atoms with Crippen LogP contribution in [0, 0.1) is 3.57 Å². The Labute approximate surface area is 230 Å². The van der Waals surface area contributed by atoms with Crippen LogP contribution in [0.5, 0.6) is 0 Å². The molecule has 1 aliphatic rings. The van der Waals surface area contributed by atoms with Crippen molar-refractivity contribution in [2.75, 3.05) is 56.9 Å². The second-order valence-corrected chi connectivity index (χ2v) is 10.4. The molecule has 8 nitrogen and oxygen atoms in total. The first-order valence-corrected chi connectivity index (χ1v) is 13.5. The predicted octanol–water partition coefficient (Wildman–Crippen LogP) is 3.52. The molecule has 4 rings (SSSR count). The third-order valence-electron chi connectivity index (χ3n) is 6.21. The van der Waals surface area contributed by atoms with Crippen LogP contribution in [0.4, 0.5) is 11.6 Å². The number of aromatic nitrogens is 2. The van der Waals surface area contributed by atoms with Crippen LogP contribution in [0.25, 0.3) is 0 Å². The lowest BCUT2D eigenvalue weighted by molar-refractivity contribution is 0.0932. The lowest BCUT2D eigenvalue weighted by Crippen LogP contribution is -2.48. The maximum atomic E-state index is 12.7. The Morgan fingerprint density at radius 3 is 2.31 bits per heavy atom. The Morgan fingerprint density at radius 2 is 1.61 bits per heavy atom. The topological polar surface area (TPSA) is 99.4 Å². The zero-order valence-electron chi connectivity index (χ0n) is 20.1. The average Bonchev–Trinajstić information content (AvgIpc) is 2.90. The van der Waals surface area contributed by atoms with Crippen LogP contribution in [0.3, 0.4) is 0 Å². The molecule has 1 fully saturated rings. The largest absolute Gasteiger partial charge is 0.382 e. The molecular formula is C26H31ClIN7O. The van der Waals surface area contributed by atoms with Crippen molar-refractivity contribution in [3.63, 3.8) is 0 Å². The van der Waals surface area contributed by atoms with Crippen LogP contribution in [0.1, 0.15) is 21.6 Å². The summed E-state index contributed by atoms with van der Waals surface area (Å²) in [5.74, 6) is 0.0380. The van der Waals surface area contributed by atoms with Crippen molar-refractivity contribution >= 4 is 51.7 Å². The normalized spacial score (nSPS) is 14.5. The van der Waals surface area contributed by atoms with Gasteiger partial charge in [0.15, 0.2) is 22.5 Å². The fourth-order valence-corrected chi connectivity index (χ4v) is 4.63. The molecule has 4 N–H and O–H groups in total. The van der Waals surface area contributed by atoms with E-state index in [0.29, 0.717) is 18.9 Å². The molecule has 1 aliphatic heterocycles. The molecule has 0 radical (unpaired) electrons. The highest BCUT2D eigenvalue weighted by Crippen LogP contribution is 2.21. The zero-order chi connectivity index (χ0) is 25.3. The number of piperazine rings is 1. The summed E-state index contributed by atoms with van der Waals surface area (Å²) in [4.78, 5) is 26.0. The molecule has 10 heteroatoms. The summed E-state index contributed by atoms with van der Waals surface area (Å²) in [6, 6.07) is 18.7. The van der Waals surface area contributed by atoms with Gasteiger partial charge in [-0.2, -0.15) is 0 Å². The lowest BCUT2D eigenvalue weighted by atomic mass is 10.1. The Morgan fingerprint density at radius 1 is 0.944 bits per heavy atom. The number of anilines is 2.